The minimum Gasteiger partial charge on any atom is -0.464 e. The van der Waals surface area contributed by atoms with Crippen LogP contribution in [-0.4, -0.2) is 29.0 Å². The highest BCUT2D eigenvalue weighted by Crippen LogP contribution is 2.41. The highest BCUT2D eigenvalue weighted by Gasteiger charge is 2.38. The number of para-hydroxylation sites is 1. The van der Waals surface area contributed by atoms with E-state index in [0.717, 1.165) is 36.4 Å². The lowest BCUT2D eigenvalue weighted by Gasteiger charge is -2.29. The summed E-state index contributed by atoms with van der Waals surface area (Å²) in [6.45, 7) is 3.00. The fourth-order valence-electron chi connectivity index (χ4n) is 5.29. The Bertz CT molecular complexity index is 1530. The number of fused-ring (bicyclic) bond motifs is 2. The van der Waals surface area contributed by atoms with E-state index in [1.54, 1.807) is 0 Å². The van der Waals surface area contributed by atoms with Gasteiger partial charge in [-0.1, -0.05) is 18.2 Å². The lowest BCUT2D eigenvalue weighted by atomic mass is 9.94. The van der Waals surface area contributed by atoms with Gasteiger partial charge in [-0.05, 0) is 44.5 Å². The topological polar surface area (TPSA) is 76.3 Å². The zero-order valence-corrected chi connectivity index (χ0v) is 18.3. The zero-order chi connectivity index (χ0) is 23.6. The van der Waals surface area contributed by atoms with E-state index in [0.29, 0.717) is 17.0 Å². The van der Waals surface area contributed by atoms with E-state index in [1.807, 2.05) is 30.5 Å². The molecular weight excluding hydrogens is 440 g/mol. The van der Waals surface area contributed by atoms with Gasteiger partial charge in [0.25, 0.3) is 11.8 Å². The van der Waals surface area contributed by atoms with Crippen molar-refractivity contribution in [3.63, 3.8) is 0 Å². The number of benzene rings is 2. The first-order chi connectivity index (χ1) is 16.4. The maximum atomic E-state index is 15.1. The molecular formula is C26H21F2N3O3. The predicted molar refractivity (Wildman–Crippen MR) is 124 cm³/mol. The first-order valence-corrected chi connectivity index (χ1v) is 11.2. The first-order valence-electron chi connectivity index (χ1n) is 11.2. The van der Waals surface area contributed by atoms with Crippen molar-refractivity contribution in [3.8, 4) is 0 Å². The Kier molecular flexibility index (Phi) is 4.67. The third kappa shape index (κ3) is 3.02. The van der Waals surface area contributed by atoms with Crippen LogP contribution in [0.5, 0.6) is 0 Å². The molecule has 2 aromatic carbocycles. The van der Waals surface area contributed by atoms with Gasteiger partial charge in [0.2, 0.25) is 0 Å². The van der Waals surface area contributed by atoms with Crippen LogP contribution >= 0.6 is 0 Å². The highest BCUT2D eigenvalue weighted by atomic mass is 19.2. The number of hydrogen-bond acceptors (Lipinski definition) is 4. The number of carbonyl (C=O) groups is 2. The van der Waals surface area contributed by atoms with Gasteiger partial charge in [0, 0.05) is 40.1 Å². The summed E-state index contributed by atoms with van der Waals surface area (Å²) in [7, 11) is 0. The van der Waals surface area contributed by atoms with Crippen LogP contribution < -0.4 is 10.6 Å². The Morgan fingerprint density at radius 2 is 1.88 bits per heavy atom. The molecule has 2 unspecified atom stereocenters. The van der Waals surface area contributed by atoms with Gasteiger partial charge in [0.05, 0.1) is 23.0 Å². The van der Waals surface area contributed by atoms with Gasteiger partial charge in [-0.15, -0.1) is 0 Å². The number of piperidine rings is 1. The van der Waals surface area contributed by atoms with E-state index < -0.39 is 23.4 Å². The predicted octanol–water partition coefficient (Wildman–Crippen LogP) is 4.55. The lowest BCUT2D eigenvalue weighted by Crippen LogP contribution is -2.36. The van der Waals surface area contributed by atoms with Gasteiger partial charge >= 0.3 is 0 Å². The summed E-state index contributed by atoms with van der Waals surface area (Å²) in [5.41, 5.74) is 0.896. The molecule has 2 amide bonds. The van der Waals surface area contributed by atoms with E-state index in [4.69, 9.17) is 4.42 Å². The van der Waals surface area contributed by atoms with Gasteiger partial charge < -0.3 is 14.3 Å². The van der Waals surface area contributed by atoms with Gasteiger partial charge in [-0.2, -0.15) is 0 Å². The third-order valence-electron chi connectivity index (χ3n) is 6.81. The van der Waals surface area contributed by atoms with Gasteiger partial charge in [-0.3, -0.25) is 14.9 Å². The van der Waals surface area contributed by atoms with Crippen molar-refractivity contribution in [2.75, 3.05) is 6.54 Å². The second-order valence-corrected chi connectivity index (χ2v) is 8.92. The van der Waals surface area contributed by atoms with Crippen LogP contribution in [0, 0.1) is 11.6 Å². The Morgan fingerprint density at radius 1 is 1.09 bits per heavy atom. The fourth-order valence-corrected chi connectivity index (χ4v) is 5.29. The molecule has 34 heavy (non-hydrogen) atoms. The minimum absolute atomic E-state index is 0.0177. The number of aromatic nitrogens is 1. The summed E-state index contributed by atoms with van der Waals surface area (Å²) in [4.78, 5) is 26.0. The van der Waals surface area contributed by atoms with E-state index in [-0.39, 0.29) is 28.3 Å². The number of rotatable bonds is 3. The van der Waals surface area contributed by atoms with Crippen molar-refractivity contribution in [2.45, 2.75) is 31.8 Å². The van der Waals surface area contributed by atoms with Crippen LogP contribution in [0.3, 0.4) is 0 Å². The molecule has 2 N–H and O–H groups in total. The van der Waals surface area contributed by atoms with Crippen molar-refractivity contribution in [3.05, 3.63) is 71.6 Å². The number of hydrogen-bond donors (Lipinski definition) is 2. The molecule has 0 spiro atoms. The van der Waals surface area contributed by atoms with Crippen LogP contribution in [0.4, 0.5) is 8.78 Å². The standard InChI is InChI=1S/C26H21F2N3O3/c1-13-10-15(6-8-29-13)31-12-17(16-4-2-3-5-19(16)31)20-21(26(33)30-25(20)32)22-23(28)18(27)11-14-7-9-34-24(14)22/h2-5,7,9,11-13,15,29H,6,8,10H2,1H3,(H,30,32,33). The summed E-state index contributed by atoms with van der Waals surface area (Å²) in [6, 6.07) is 10.6. The van der Waals surface area contributed by atoms with Crippen molar-refractivity contribution < 1.29 is 22.8 Å². The molecule has 0 radical (unpaired) electrons. The Morgan fingerprint density at radius 3 is 2.71 bits per heavy atom. The maximum absolute atomic E-state index is 15.1. The number of carbonyl (C=O) groups excluding carboxylic acids is 2. The lowest BCUT2D eigenvalue weighted by molar-refractivity contribution is -0.122. The summed E-state index contributed by atoms with van der Waals surface area (Å²) in [6.07, 6.45) is 4.97. The molecule has 4 aromatic rings. The van der Waals surface area contributed by atoms with E-state index in [1.165, 1.54) is 12.3 Å². The van der Waals surface area contributed by atoms with Crippen LogP contribution in [0.1, 0.15) is 36.9 Å². The zero-order valence-electron chi connectivity index (χ0n) is 18.3. The van der Waals surface area contributed by atoms with Gasteiger partial charge in [0.15, 0.2) is 11.6 Å². The highest BCUT2D eigenvalue weighted by molar-refractivity contribution is 6.50. The smallest absolute Gasteiger partial charge is 0.259 e. The monoisotopic (exact) mass is 461 g/mol. The summed E-state index contributed by atoms with van der Waals surface area (Å²) in [5, 5.41) is 6.78. The van der Waals surface area contributed by atoms with E-state index >= 15 is 4.39 Å². The molecule has 2 aliphatic heterocycles. The van der Waals surface area contributed by atoms with Crippen molar-refractivity contribution in [2.24, 2.45) is 0 Å². The van der Waals surface area contributed by atoms with E-state index in [2.05, 4.69) is 22.1 Å². The Balaban J connectivity index is 1.65. The molecule has 6 rings (SSSR count). The summed E-state index contributed by atoms with van der Waals surface area (Å²) < 4.78 is 37.1. The Labute approximate surface area is 193 Å². The molecule has 6 nitrogen and oxygen atoms in total. The number of halogens is 2. The molecule has 0 bridgehead atoms. The molecule has 172 valence electrons. The summed E-state index contributed by atoms with van der Waals surface area (Å²) in [5.74, 6) is -3.77. The third-order valence-corrected chi connectivity index (χ3v) is 6.81. The second-order valence-electron chi connectivity index (χ2n) is 8.92. The molecule has 8 heteroatoms. The van der Waals surface area contributed by atoms with Crippen LogP contribution in [0.15, 0.2) is 53.3 Å². The van der Waals surface area contributed by atoms with Crippen LogP contribution in [0.25, 0.3) is 33.0 Å². The number of furan rings is 1. The molecule has 0 saturated carbocycles. The number of nitrogens with zero attached hydrogens (tertiary/aromatic N) is 1. The first kappa shape index (κ1) is 20.8. The largest absolute Gasteiger partial charge is 0.464 e. The second kappa shape index (κ2) is 7.63. The molecule has 1 fully saturated rings. The van der Waals surface area contributed by atoms with Gasteiger partial charge in [-0.25, -0.2) is 8.78 Å². The number of nitrogens with one attached hydrogen (secondary N) is 2. The number of imide groups is 1. The molecule has 2 atom stereocenters. The minimum atomic E-state index is -1.23. The van der Waals surface area contributed by atoms with Crippen molar-refractivity contribution in [1.82, 2.24) is 15.2 Å². The molecule has 1 saturated heterocycles. The maximum Gasteiger partial charge on any atom is 0.259 e. The molecule has 2 aliphatic rings. The van der Waals surface area contributed by atoms with E-state index in [9.17, 15) is 14.0 Å². The van der Waals surface area contributed by atoms with Crippen LogP contribution in [0.2, 0.25) is 0 Å². The fraction of sp³-hybridized carbons (Fsp3) is 0.231. The molecule has 0 aliphatic carbocycles. The quantitative estimate of drug-likeness (QED) is 0.439. The normalized spacial score (nSPS) is 21.1. The average molecular weight is 461 g/mol. The SMILES string of the molecule is CC1CC(n2cc(C3=C(c4c(F)c(F)cc5ccoc45)C(=O)NC3=O)c3ccccc32)CCN1. The average Bonchev–Trinajstić information content (AvgIpc) is 3.50. The molecule has 4 heterocycles. The van der Waals surface area contributed by atoms with Crippen molar-refractivity contribution in [1.29, 1.82) is 0 Å². The van der Waals surface area contributed by atoms with Gasteiger partial charge in [0.1, 0.15) is 5.58 Å². The van der Waals surface area contributed by atoms with Crippen LogP contribution in [-0.2, 0) is 9.59 Å². The number of amides is 2. The summed E-state index contributed by atoms with van der Waals surface area (Å²) >= 11 is 0. The van der Waals surface area contributed by atoms with Crippen molar-refractivity contribution >= 4 is 44.8 Å². The Hall–Kier alpha value is -3.78. The molecule has 2 aromatic heterocycles.